The Morgan fingerprint density at radius 3 is 2.57 bits per heavy atom. The van der Waals surface area contributed by atoms with Crippen molar-refractivity contribution in [3.63, 3.8) is 0 Å². The van der Waals surface area contributed by atoms with Crippen LogP contribution >= 0.6 is 0 Å². The highest BCUT2D eigenvalue weighted by molar-refractivity contribution is 6.07. The summed E-state index contributed by atoms with van der Waals surface area (Å²) in [5.41, 5.74) is 1.74. The first kappa shape index (κ1) is 15.8. The van der Waals surface area contributed by atoms with Gasteiger partial charge in [-0.2, -0.15) is 0 Å². The van der Waals surface area contributed by atoms with E-state index >= 15 is 0 Å². The van der Waals surface area contributed by atoms with Crippen molar-refractivity contribution in [2.24, 2.45) is 0 Å². The maximum atomic E-state index is 12.7. The number of hydrogen-bond donors (Lipinski definition) is 1. The van der Waals surface area contributed by atoms with Gasteiger partial charge < -0.3 is 10.2 Å². The van der Waals surface area contributed by atoms with E-state index in [-0.39, 0.29) is 24.4 Å². The molecule has 2 aliphatic rings. The van der Waals surface area contributed by atoms with E-state index < -0.39 is 0 Å². The molecular weight excluding hydrogens is 290 g/mol. The molecule has 2 heterocycles. The van der Waals surface area contributed by atoms with Crippen molar-refractivity contribution < 1.29 is 9.59 Å². The molecule has 1 atom stereocenters. The van der Waals surface area contributed by atoms with Crippen molar-refractivity contribution >= 4 is 23.2 Å². The Morgan fingerprint density at radius 2 is 1.87 bits per heavy atom. The van der Waals surface area contributed by atoms with Gasteiger partial charge in [0.1, 0.15) is 12.6 Å². The van der Waals surface area contributed by atoms with E-state index in [2.05, 4.69) is 5.32 Å². The van der Waals surface area contributed by atoms with Crippen molar-refractivity contribution in [1.29, 1.82) is 0 Å². The summed E-state index contributed by atoms with van der Waals surface area (Å²) in [7, 11) is 0. The zero-order valence-corrected chi connectivity index (χ0v) is 13.8. The summed E-state index contributed by atoms with van der Waals surface area (Å²) in [6.07, 6.45) is 5.22. The number of nitrogens with zero attached hydrogens (tertiary/aromatic N) is 2. The fourth-order valence-corrected chi connectivity index (χ4v) is 3.38. The molecule has 1 saturated heterocycles. The van der Waals surface area contributed by atoms with Gasteiger partial charge in [0, 0.05) is 13.1 Å². The molecule has 2 aliphatic heterocycles. The summed E-state index contributed by atoms with van der Waals surface area (Å²) in [5, 5.41) is 3.27. The van der Waals surface area contributed by atoms with Crippen LogP contribution in [0.1, 0.15) is 39.0 Å². The van der Waals surface area contributed by atoms with E-state index in [9.17, 15) is 9.59 Å². The molecule has 1 unspecified atom stereocenters. The summed E-state index contributed by atoms with van der Waals surface area (Å²) < 4.78 is 0. The van der Waals surface area contributed by atoms with Crippen LogP contribution in [0.3, 0.4) is 0 Å². The van der Waals surface area contributed by atoms with E-state index in [1.165, 1.54) is 12.8 Å². The molecule has 0 radical (unpaired) electrons. The topological polar surface area (TPSA) is 52.7 Å². The third-order valence-corrected chi connectivity index (χ3v) is 4.75. The average Bonchev–Trinajstić information content (AvgIpc) is 2.86. The first-order chi connectivity index (χ1) is 11.2. The van der Waals surface area contributed by atoms with Gasteiger partial charge in [0.15, 0.2) is 0 Å². The number of nitrogens with one attached hydrogen (secondary N) is 1. The normalized spacial score (nSPS) is 21.4. The van der Waals surface area contributed by atoms with Crippen LogP contribution in [0.2, 0.25) is 0 Å². The Bertz CT molecular complexity index is 579. The number of anilines is 2. The van der Waals surface area contributed by atoms with Gasteiger partial charge in [-0.25, -0.2) is 0 Å². The second kappa shape index (κ2) is 7.02. The van der Waals surface area contributed by atoms with Crippen LogP contribution in [-0.4, -0.2) is 42.4 Å². The second-order valence-electron chi connectivity index (χ2n) is 6.34. The monoisotopic (exact) mass is 315 g/mol. The number of likely N-dealkylation sites (tertiary alicyclic amines) is 1. The maximum Gasteiger partial charge on any atom is 0.250 e. The highest BCUT2D eigenvalue weighted by atomic mass is 16.2. The standard InChI is InChI=1S/C18H25N3O2/c1-2-14-18(23)21(16-10-6-5-9-15(16)19-14)13-17(22)20-11-7-3-4-8-12-20/h5-6,9-10,14,19H,2-4,7-8,11-13H2,1H3. The number of fused-ring (bicyclic) bond motifs is 1. The molecule has 1 aromatic rings. The molecular formula is C18H25N3O2. The van der Waals surface area contributed by atoms with Crippen molar-refractivity contribution in [2.45, 2.75) is 45.1 Å². The molecule has 0 spiro atoms. The number of carbonyl (C=O) groups is 2. The minimum absolute atomic E-state index is 0.00521. The quantitative estimate of drug-likeness (QED) is 0.933. The predicted octanol–water partition coefficient (Wildman–Crippen LogP) is 2.63. The van der Waals surface area contributed by atoms with Gasteiger partial charge in [0.05, 0.1) is 11.4 Å². The largest absolute Gasteiger partial charge is 0.372 e. The molecule has 124 valence electrons. The van der Waals surface area contributed by atoms with Crippen LogP contribution < -0.4 is 10.2 Å². The first-order valence-corrected chi connectivity index (χ1v) is 8.65. The maximum absolute atomic E-state index is 12.7. The molecule has 2 amide bonds. The Balaban J connectivity index is 1.79. The number of hydrogen-bond acceptors (Lipinski definition) is 3. The van der Waals surface area contributed by atoms with Gasteiger partial charge in [-0.1, -0.05) is 31.9 Å². The van der Waals surface area contributed by atoms with E-state index in [4.69, 9.17) is 0 Å². The number of amides is 2. The van der Waals surface area contributed by atoms with Crippen LogP contribution in [0.5, 0.6) is 0 Å². The number of rotatable bonds is 3. The van der Waals surface area contributed by atoms with Crippen LogP contribution in [0.25, 0.3) is 0 Å². The summed E-state index contributed by atoms with van der Waals surface area (Å²) in [6, 6.07) is 7.48. The van der Waals surface area contributed by atoms with Gasteiger partial charge in [-0.3, -0.25) is 14.5 Å². The lowest BCUT2D eigenvalue weighted by Gasteiger charge is -2.35. The highest BCUT2D eigenvalue weighted by Gasteiger charge is 2.33. The molecule has 3 rings (SSSR count). The third kappa shape index (κ3) is 3.33. The minimum Gasteiger partial charge on any atom is -0.372 e. The minimum atomic E-state index is -0.248. The van der Waals surface area contributed by atoms with Crippen LogP contribution in [0.4, 0.5) is 11.4 Å². The zero-order chi connectivity index (χ0) is 16.2. The summed E-state index contributed by atoms with van der Waals surface area (Å²) in [5.74, 6) is 0.0566. The molecule has 0 aromatic heterocycles. The lowest BCUT2D eigenvalue weighted by Crippen LogP contribution is -2.51. The highest BCUT2D eigenvalue weighted by Crippen LogP contribution is 2.31. The zero-order valence-electron chi connectivity index (χ0n) is 13.8. The average molecular weight is 315 g/mol. The van der Waals surface area contributed by atoms with Crippen molar-refractivity contribution in [3.05, 3.63) is 24.3 Å². The van der Waals surface area contributed by atoms with Crippen molar-refractivity contribution in [3.8, 4) is 0 Å². The van der Waals surface area contributed by atoms with E-state index in [0.717, 1.165) is 37.3 Å². The first-order valence-electron chi connectivity index (χ1n) is 8.65. The van der Waals surface area contributed by atoms with Gasteiger partial charge in [0.2, 0.25) is 11.8 Å². The van der Waals surface area contributed by atoms with Crippen LogP contribution in [0, 0.1) is 0 Å². The lowest BCUT2D eigenvalue weighted by atomic mass is 10.1. The van der Waals surface area contributed by atoms with Crippen LogP contribution in [0.15, 0.2) is 24.3 Å². The third-order valence-electron chi connectivity index (χ3n) is 4.75. The SMILES string of the molecule is CCC1Nc2ccccc2N(CC(=O)N2CCCCCC2)C1=O. The molecule has 1 aromatic carbocycles. The molecule has 1 fully saturated rings. The molecule has 0 saturated carbocycles. The Labute approximate surface area is 137 Å². The number of benzene rings is 1. The van der Waals surface area contributed by atoms with Gasteiger partial charge in [-0.05, 0) is 31.4 Å². The van der Waals surface area contributed by atoms with Gasteiger partial charge >= 0.3 is 0 Å². The fourth-order valence-electron chi connectivity index (χ4n) is 3.38. The molecule has 1 N–H and O–H groups in total. The summed E-state index contributed by atoms with van der Waals surface area (Å²) in [4.78, 5) is 29.0. The van der Waals surface area contributed by atoms with Crippen molar-refractivity contribution in [2.75, 3.05) is 29.9 Å². The molecule has 5 heteroatoms. The molecule has 5 nitrogen and oxygen atoms in total. The Hall–Kier alpha value is -2.04. The lowest BCUT2D eigenvalue weighted by molar-refractivity contribution is -0.131. The fraction of sp³-hybridized carbons (Fsp3) is 0.556. The van der Waals surface area contributed by atoms with Gasteiger partial charge in [0.25, 0.3) is 0 Å². The molecule has 0 aliphatic carbocycles. The second-order valence-corrected chi connectivity index (χ2v) is 6.34. The predicted molar refractivity (Wildman–Crippen MR) is 91.5 cm³/mol. The van der Waals surface area contributed by atoms with E-state index in [0.29, 0.717) is 6.42 Å². The number of carbonyl (C=O) groups excluding carboxylic acids is 2. The Morgan fingerprint density at radius 1 is 1.17 bits per heavy atom. The van der Waals surface area contributed by atoms with Gasteiger partial charge in [-0.15, -0.1) is 0 Å². The van der Waals surface area contributed by atoms with E-state index in [1.54, 1.807) is 4.90 Å². The number of para-hydroxylation sites is 2. The molecule has 23 heavy (non-hydrogen) atoms. The Kier molecular flexibility index (Phi) is 4.84. The van der Waals surface area contributed by atoms with E-state index in [1.807, 2.05) is 36.1 Å². The molecule has 0 bridgehead atoms. The smallest absolute Gasteiger partial charge is 0.250 e. The van der Waals surface area contributed by atoms with Crippen molar-refractivity contribution in [1.82, 2.24) is 4.90 Å². The summed E-state index contributed by atoms with van der Waals surface area (Å²) in [6.45, 7) is 3.77. The summed E-state index contributed by atoms with van der Waals surface area (Å²) >= 11 is 0. The van der Waals surface area contributed by atoms with Crippen LogP contribution in [-0.2, 0) is 9.59 Å².